The first kappa shape index (κ1) is 31.2. The van der Waals surface area contributed by atoms with Crippen LogP contribution in [0.3, 0.4) is 0 Å². The van der Waals surface area contributed by atoms with E-state index >= 15 is 0 Å². The molecule has 252 valence electrons. The van der Waals surface area contributed by atoms with Gasteiger partial charge in [0.25, 0.3) is 0 Å². The maximum Gasteiger partial charge on any atom is 0.160 e. The third-order valence-corrected chi connectivity index (χ3v) is 10.9. The van der Waals surface area contributed by atoms with Gasteiger partial charge in [-0.1, -0.05) is 146 Å². The monoisotopic (exact) mass is 680 g/mol. The number of allylic oxidation sites excluding steroid dienone is 5. The van der Waals surface area contributed by atoms with Gasteiger partial charge < -0.3 is 0 Å². The molecule has 3 aromatic heterocycles. The van der Waals surface area contributed by atoms with Crippen molar-refractivity contribution in [2.45, 2.75) is 31.6 Å². The molecule has 2 aliphatic rings. The van der Waals surface area contributed by atoms with E-state index in [1.54, 1.807) is 0 Å². The molecule has 4 nitrogen and oxygen atoms in total. The quantitative estimate of drug-likeness (QED) is 0.134. The third kappa shape index (κ3) is 5.55. The second-order valence-corrected chi connectivity index (χ2v) is 14.2. The lowest BCUT2D eigenvalue weighted by molar-refractivity contribution is 0.757. The molecule has 2 aliphatic carbocycles. The molecule has 0 spiro atoms. The summed E-state index contributed by atoms with van der Waals surface area (Å²) in [6, 6.07) is 45.3. The van der Waals surface area contributed by atoms with E-state index in [-0.39, 0.29) is 5.92 Å². The summed E-state index contributed by atoms with van der Waals surface area (Å²) in [5.74, 6) is 1.41. The topological polar surface area (TPSA) is 51.6 Å². The average Bonchev–Trinajstić information content (AvgIpc) is 3.23. The standard InChI is InChI=1S/C49H36N4/c1-31-9-7-15-43-44(31)46(38-24-18-33(19-25-38)32-10-3-2-4-11-32)53-49(52-43)39-26-20-35(21-27-39)34-16-22-36(23-17-34)45-40-13-5-6-14-42(40)51-48-41(45)29-28-37-12-8-30-50-47(37)48/h2-8,10-20,22-31,35H,9,21H2,1H3. The summed E-state index contributed by atoms with van der Waals surface area (Å²) in [5, 5.41) is 3.36. The van der Waals surface area contributed by atoms with Crippen molar-refractivity contribution >= 4 is 44.4 Å². The molecule has 0 saturated heterocycles. The van der Waals surface area contributed by atoms with Crippen LogP contribution in [0.2, 0.25) is 0 Å². The predicted molar refractivity (Wildman–Crippen MR) is 219 cm³/mol. The van der Waals surface area contributed by atoms with Crippen LogP contribution in [-0.2, 0) is 0 Å². The fraction of sp³-hybridized carbons (Fsp3) is 0.102. The van der Waals surface area contributed by atoms with Crippen molar-refractivity contribution in [3.05, 3.63) is 181 Å². The molecule has 53 heavy (non-hydrogen) atoms. The second-order valence-electron chi connectivity index (χ2n) is 14.2. The minimum atomic E-state index is 0.273. The number of pyridine rings is 2. The van der Waals surface area contributed by atoms with Crippen LogP contribution in [0.25, 0.3) is 77.9 Å². The fourth-order valence-corrected chi connectivity index (χ4v) is 8.14. The van der Waals surface area contributed by atoms with Crippen molar-refractivity contribution in [3.8, 4) is 33.5 Å². The number of hydrogen-bond donors (Lipinski definition) is 0. The van der Waals surface area contributed by atoms with Crippen LogP contribution in [0.1, 0.15) is 54.2 Å². The average molecular weight is 681 g/mol. The SMILES string of the molecule is CC1CC=Cc2nc(C3=CCC(c4ccc(-c5c6ccccc6nc6c5ccc5cccnc56)cc4)C=C3)nc(-c3ccc(-c4ccccc4)cc3)c21. The van der Waals surface area contributed by atoms with Crippen LogP contribution in [0, 0.1) is 0 Å². The molecule has 0 amide bonds. The van der Waals surface area contributed by atoms with Gasteiger partial charge in [0, 0.05) is 50.5 Å². The second kappa shape index (κ2) is 12.9. The van der Waals surface area contributed by atoms with Gasteiger partial charge in [0.1, 0.15) is 0 Å². The Balaban J connectivity index is 0.961. The Hall–Kier alpha value is -6.52. The zero-order valence-electron chi connectivity index (χ0n) is 29.4. The van der Waals surface area contributed by atoms with Crippen molar-refractivity contribution in [3.63, 3.8) is 0 Å². The summed E-state index contributed by atoms with van der Waals surface area (Å²) in [6.07, 6.45) is 15.0. The van der Waals surface area contributed by atoms with E-state index in [1.165, 1.54) is 33.4 Å². The van der Waals surface area contributed by atoms with Gasteiger partial charge in [-0.3, -0.25) is 4.98 Å². The van der Waals surface area contributed by atoms with E-state index in [1.807, 2.05) is 12.3 Å². The van der Waals surface area contributed by atoms with E-state index in [4.69, 9.17) is 19.9 Å². The Morgan fingerprint density at radius 3 is 2.19 bits per heavy atom. The molecule has 2 atom stereocenters. The van der Waals surface area contributed by atoms with Gasteiger partial charge in [-0.05, 0) is 59.2 Å². The fourth-order valence-electron chi connectivity index (χ4n) is 8.14. The third-order valence-electron chi connectivity index (χ3n) is 10.9. The van der Waals surface area contributed by atoms with Gasteiger partial charge in [-0.15, -0.1) is 0 Å². The summed E-state index contributed by atoms with van der Waals surface area (Å²) in [6.45, 7) is 2.28. The Morgan fingerprint density at radius 1 is 0.585 bits per heavy atom. The number of rotatable bonds is 5. The zero-order valence-corrected chi connectivity index (χ0v) is 29.4. The Labute approximate surface area is 309 Å². The molecule has 3 heterocycles. The highest BCUT2D eigenvalue weighted by Gasteiger charge is 2.24. The van der Waals surface area contributed by atoms with E-state index in [2.05, 4.69) is 159 Å². The maximum atomic E-state index is 5.27. The molecule has 0 radical (unpaired) electrons. The lowest BCUT2D eigenvalue weighted by atomic mass is 9.86. The van der Waals surface area contributed by atoms with Crippen LogP contribution in [0.15, 0.2) is 158 Å². The zero-order chi connectivity index (χ0) is 35.3. The van der Waals surface area contributed by atoms with Crippen molar-refractivity contribution in [2.75, 3.05) is 0 Å². The highest BCUT2D eigenvalue weighted by atomic mass is 14.9. The van der Waals surface area contributed by atoms with Crippen molar-refractivity contribution < 1.29 is 0 Å². The van der Waals surface area contributed by atoms with Gasteiger partial charge in [-0.2, -0.15) is 0 Å². The van der Waals surface area contributed by atoms with Crippen molar-refractivity contribution in [1.82, 2.24) is 19.9 Å². The summed E-state index contributed by atoms with van der Waals surface area (Å²) in [7, 11) is 0. The molecule has 5 aromatic carbocycles. The molecular formula is C49H36N4. The largest absolute Gasteiger partial charge is 0.254 e. The van der Waals surface area contributed by atoms with E-state index in [0.29, 0.717) is 5.92 Å². The minimum Gasteiger partial charge on any atom is -0.254 e. The van der Waals surface area contributed by atoms with Gasteiger partial charge in [0.15, 0.2) is 5.82 Å². The van der Waals surface area contributed by atoms with E-state index < -0.39 is 0 Å². The first-order valence-corrected chi connectivity index (χ1v) is 18.5. The van der Waals surface area contributed by atoms with Crippen LogP contribution in [0.5, 0.6) is 0 Å². The predicted octanol–water partition coefficient (Wildman–Crippen LogP) is 12.4. The molecule has 0 aliphatic heterocycles. The Morgan fingerprint density at radius 2 is 1.36 bits per heavy atom. The van der Waals surface area contributed by atoms with Crippen LogP contribution in [-0.4, -0.2) is 19.9 Å². The highest BCUT2D eigenvalue weighted by molar-refractivity contribution is 6.15. The number of benzene rings is 5. The smallest absolute Gasteiger partial charge is 0.160 e. The van der Waals surface area contributed by atoms with Crippen molar-refractivity contribution in [2.24, 2.45) is 0 Å². The molecule has 0 saturated carbocycles. The van der Waals surface area contributed by atoms with Gasteiger partial charge in [0.05, 0.1) is 27.9 Å². The first-order valence-electron chi connectivity index (χ1n) is 18.5. The number of para-hydroxylation sites is 1. The summed E-state index contributed by atoms with van der Waals surface area (Å²) in [5.41, 5.74) is 14.4. The lowest BCUT2D eigenvalue weighted by Crippen LogP contribution is -2.10. The normalized spacial score (nSPS) is 16.6. The molecular weight excluding hydrogens is 645 g/mol. The van der Waals surface area contributed by atoms with Gasteiger partial charge >= 0.3 is 0 Å². The lowest BCUT2D eigenvalue weighted by Gasteiger charge is -2.23. The van der Waals surface area contributed by atoms with Crippen LogP contribution in [0.4, 0.5) is 0 Å². The molecule has 10 rings (SSSR count). The van der Waals surface area contributed by atoms with Crippen molar-refractivity contribution in [1.29, 1.82) is 0 Å². The minimum absolute atomic E-state index is 0.273. The molecule has 0 bridgehead atoms. The summed E-state index contributed by atoms with van der Waals surface area (Å²) in [4.78, 5) is 20.2. The highest BCUT2D eigenvalue weighted by Crippen LogP contribution is 2.40. The van der Waals surface area contributed by atoms with Crippen LogP contribution < -0.4 is 0 Å². The molecule has 8 aromatic rings. The Kier molecular flexibility index (Phi) is 7.61. The number of fused-ring (bicyclic) bond motifs is 5. The molecule has 0 fully saturated rings. The number of aromatic nitrogens is 4. The Bertz CT molecular complexity index is 2780. The van der Waals surface area contributed by atoms with E-state index in [9.17, 15) is 0 Å². The number of hydrogen-bond acceptors (Lipinski definition) is 4. The number of nitrogens with zero attached hydrogens (tertiary/aromatic N) is 4. The van der Waals surface area contributed by atoms with E-state index in [0.717, 1.165) is 73.9 Å². The van der Waals surface area contributed by atoms with Gasteiger partial charge in [0.2, 0.25) is 0 Å². The van der Waals surface area contributed by atoms with Gasteiger partial charge in [-0.25, -0.2) is 15.0 Å². The first-order chi connectivity index (χ1) is 26.2. The molecule has 4 heteroatoms. The molecule has 2 unspecified atom stereocenters. The summed E-state index contributed by atoms with van der Waals surface area (Å²) >= 11 is 0. The van der Waals surface area contributed by atoms with Crippen LogP contribution >= 0.6 is 0 Å². The molecule has 0 N–H and O–H groups in total. The summed E-state index contributed by atoms with van der Waals surface area (Å²) < 4.78 is 0. The maximum absolute atomic E-state index is 5.27.